The van der Waals surface area contributed by atoms with Gasteiger partial charge in [0.2, 0.25) is 0 Å². The first-order valence-corrected chi connectivity index (χ1v) is 9.58. The van der Waals surface area contributed by atoms with Crippen LogP contribution in [0.1, 0.15) is 56.4 Å². The third kappa shape index (κ3) is 5.14. The minimum atomic E-state index is 0.701. The van der Waals surface area contributed by atoms with Gasteiger partial charge in [-0.3, -0.25) is 0 Å². The maximum Gasteiger partial charge on any atom is 0.0136 e. The maximum atomic E-state index is 3.84. The average molecular weight is 292 g/mol. The molecule has 0 heterocycles. The fourth-order valence-electron chi connectivity index (χ4n) is 3.31. The van der Waals surface area contributed by atoms with Crippen molar-refractivity contribution < 1.29 is 0 Å². The molecule has 0 aromatic heterocycles. The van der Waals surface area contributed by atoms with Crippen LogP contribution in [0.4, 0.5) is 0 Å². The zero-order chi connectivity index (χ0) is 14.0. The Morgan fingerprint density at radius 1 is 1.05 bits per heavy atom. The van der Waals surface area contributed by atoms with Gasteiger partial charge in [-0.15, -0.1) is 0 Å². The second kappa shape index (κ2) is 9.46. The van der Waals surface area contributed by atoms with Gasteiger partial charge in [0.15, 0.2) is 0 Å². The Bertz CT molecular complexity index is 352. The highest BCUT2D eigenvalue weighted by Gasteiger charge is 2.25. The van der Waals surface area contributed by atoms with E-state index in [4.69, 9.17) is 0 Å². The summed E-state index contributed by atoms with van der Waals surface area (Å²) in [6.45, 7) is 1.20. The second-order valence-electron chi connectivity index (χ2n) is 5.92. The molecule has 1 aliphatic rings. The standard InChI is InChI=1S/C18H29NS/c1-20-15-9-3-8-14-19-18-13-7-6-12-17(18)16-10-4-2-5-11-16/h2,4-5,10-11,17-19H,3,6-9,12-15H2,1H3. The summed E-state index contributed by atoms with van der Waals surface area (Å²) in [5.41, 5.74) is 1.53. The molecule has 2 rings (SSSR count). The third-order valence-corrected chi connectivity index (χ3v) is 5.12. The van der Waals surface area contributed by atoms with E-state index in [1.165, 1.54) is 62.8 Å². The quantitative estimate of drug-likeness (QED) is 0.688. The Morgan fingerprint density at radius 2 is 1.85 bits per heavy atom. The molecular weight excluding hydrogens is 262 g/mol. The number of nitrogens with one attached hydrogen (secondary N) is 1. The molecule has 1 aromatic carbocycles. The first kappa shape index (κ1) is 15.9. The molecule has 0 amide bonds. The molecule has 0 bridgehead atoms. The fourth-order valence-corrected chi connectivity index (χ4v) is 3.80. The topological polar surface area (TPSA) is 12.0 Å². The summed E-state index contributed by atoms with van der Waals surface area (Å²) in [5, 5.41) is 3.84. The van der Waals surface area contributed by atoms with Crippen LogP contribution in [-0.2, 0) is 0 Å². The van der Waals surface area contributed by atoms with Gasteiger partial charge in [-0.25, -0.2) is 0 Å². The largest absolute Gasteiger partial charge is 0.313 e. The van der Waals surface area contributed by atoms with Crippen molar-refractivity contribution in [2.24, 2.45) is 0 Å². The van der Waals surface area contributed by atoms with Gasteiger partial charge in [-0.1, -0.05) is 49.6 Å². The van der Waals surface area contributed by atoms with Crippen LogP contribution in [0.2, 0.25) is 0 Å². The molecule has 2 unspecified atom stereocenters. The summed E-state index contributed by atoms with van der Waals surface area (Å²) < 4.78 is 0. The van der Waals surface area contributed by atoms with Gasteiger partial charge in [0, 0.05) is 6.04 Å². The van der Waals surface area contributed by atoms with Crippen LogP contribution in [0.3, 0.4) is 0 Å². The Kier molecular flexibility index (Phi) is 7.53. The predicted molar refractivity (Wildman–Crippen MR) is 91.7 cm³/mol. The lowest BCUT2D eigenvalue weighted by molar-refractivity contribution is 0.326. The lowest BCUT2D eigenvalue weighted by Gasteiger charge is -2.33. The molecule has 20 heavy (non-hydrogen) atoms. The van der Waals surface area contributed by atoms with E-state index in [9.17, 15) is 0 Å². The maximum absolute atomic E-state index is 3.84. The molecule has 1 aromatic rings. The summed E-state index contributed by atoms with van der Waals surface area (Å²) in [6.07, 6.45) is 11.8. The molecule has 0 radical (unpaired) electrons. The number of hydrogen-bond donors (Lipinski definition) is 1. The minimum Gasteiger partial charge on any atom is -0.313 e. The summed E-state index contributed by atoms with van der Waals surface area (Å²) in [5.74, 6) is 2.05. The van der Waals surface area contributed by atoms with Gasteiger partial charge in [0.05, 0.1) is 0 Å². The van der Waals surface area contributed by atoms with Crippen LogP contribution in [0.25, 0.3) is 0 Å². The van der Waals surface area contributed by atoms with Gasteiger partial charge in [0.25, 0.3) is 0 Å². The van der Waals surface area contributed by atoms with Crippen LogP contribution in [0.5, 0.6) is 0 Å². The molecule has 1 aliphatic carbocycles. The summed E-state index contributed by atoms with van der Waals surface area (Å²) >= 11 is 1.96. The van der Waals surface area contributed by atoms with Crippen LogP contribution in [-0.4, -0.2) is 24.6 Å². The molecule has 1 saturated carbocycles. The van der Waals surface area contributed by atoms with E-state index >= 15 is 0 Å². The minimum absolute atomic E-state index is 0.701. The van der Waals surface area contributed by atoms with Crippen molar-refractivity contribution in [2.45, 2.75) is 56.9 Å². The van der Waals surface area contributed by atoms with Crippen molar-refractivity contribution in [3.8, 4) is 0 Å². The van der Waals surface area contributed by atoms with E-state index in [1.807, 2.05) is 11.8 Å². The van der Waals surface area contributed by atoms with E-state index in [1.54, 1.807) is 0 Å². The highest BCUT2D eigenvalue weighted by Crippen LogP contribution is 2.32. The van der Waals surface area contributed by atoms with Gasteiger partial charge in [-0.05, 0) is 55.7 Å². The number of unbranched alkanes of at least 4 members (excludes halogenated alkanes) is 2. The van der Waals surface area contributed by atoms with Gasteiger partial charge < -0.3 is 5.32 Å². The van der Waals surface area contributed by atoms with E-state index < -0.39 is 0 Å². The van der Waals surface area contributed by atoms with E-state index in [-0.39, 0.29) is 0 Å². The molecule has 0 saturated heterocycles. The lowest BCUT2D eigenvalue weighted by atomic mass is 9.80. The number of rotatable bonds is 8. The normalized spacial score (nSPS) is 22.9. The lowest BCUT2D eigenvalue weighted by Crippen LogP contribution is -2.37. The Balaban J connectivity index is 1.76. The second-order valence-corrected chi connectivity index (χ2v) is 6.90. The molecular formula is C18H29NS. The summed E-state index contributed by atoms with van der Waals surface area (Å²) in [6, 6.07) is 11.8. The molecule has 1 N–H and O–H groups in total. The van der Waals surface area contributed by atoms with Crippen molar-refractivity contribution in [3.63, 3.8) is 0 Å². The molecule has 2 heteroatoms. The Morgan fingerprint density at radius 3 is 2.65 bits per heavy atom. The zero-order valence-electron chi connectivity index (χ0n) is 12.8. The van der Waals surface area contributed by atoms with Crippen molar-refractivity contribution in [3.05, 3.63) is 35.9 Å². The average Bonchev–Trinajstić information content (AvgIpc) is 2.52. The van der Waals surface area contributed by atoms with Gasteiger partial charge in [0.1, 0.15) is 0 Å². The Hall–Kier alpha value is -0.470. The molecule has 0 spiro atoms. The van der Waals surface area contributed by atoms with Crippen molar-refractivity contribution in [1.29, 1.82) is 0 Å². The van der Waals surface area contributed by atoms with Crippen LogP contribution in [0, 0.1) is 0 Å². The first-order chi connectivity index (χ1) is 9.92. The molecule has 2 atom stereocenters. The van der Waals surface area contributed by atoms with Crippen LogP contribution in [0.15, 0.2) is 30.3 Å². The zero-order valence-corrected chi connectivity index (χ0v) is 13.6. The number of benzene rings is 1. The fraction of sp³-hybridized carbons (Fsp3) is 0.667. The third-order valence-electron chi connectivity index (χ3n) is 4.43. The first-order valence-electron chi connectivity index (χ1n) is 8.19. The van der Waals surface area contributed by atoms with E-state index in [0.717, 1.165) is 5.92 Å². The number of hydrogen-bond acceptors (Lipinski definition) is 2. The predicted octanol–water partition coefficient (Wildman–Crippen LogP) is 4.84. The van der Waals surface area contributed by atoms with Crippen molar-refractivity contribution in [2.75, 3.05) is 18.6 Å². The molecule has 112 valence electrons. The van der Waals surface area contributed by atoms with Crippen LogP contribution >= 0.6 is 11.8 Å². The SMILES string of the molecule is CSCCCCCNC1CCCCC1c1ccccc1. The van der Waals surface area contributed by atoms with Gasteiger partial charge >= 0.3 is 0 Å². The number of thioether (sulfide) groups is 1. The smallest absolute Gasteiger partial charge is 0.0136 e. The van der Waals surface area contributed by atoms with Crippen molar-refractivity contribution >= 4 is 11.8 Å². The van der Waals surface area contributed by atoms with E-state index in [2.05, 4.69) is 41.9 Å². The van der Waals surface area contributed by atoms with Gasteiger partial charge in [-0.2, -0.15) is 11.8 Å². The monoisotopic (exact) mass is 291 g/mol. The highest BCUT2D eigenvalue weighted by atomic mass is 32.2. The van der Waals surface area contributed by atoms with Crippen molar-refractivity contribution in [1.82, 2.24) is 5.32 Å². The molecule has 1 fully saturated rings. The molecule has 0 aliphatic heterocycles. The Labute approximate surface area is 128 Å². The molecule has 1 nitrogen and oxygen atoms in total. The van der Waals surface area contributed by atoms with E-state index in [0.29, 0.717) is 6.04 Å². The summed E-state index contributed by atoms with van der Waals surface area (Å²) in [7, 11) is 0. The highest BCUT2D eigenvalue weighted by molar-refractivity contribution is 7.98. The summed E-state index contributed by atoms with van der Waals surface area (Å²) in [4.78, 5) is 0. The van der Waals surface area contributed by atoms with Crippen LogP contribution < -0.4 is 5.32 Å².